The van der Waals surface area contributed by atoms with Crippen LogP contribution in [0.15, 0.2) is 48.8 Å². The summed E-state index contributed by atoms with van der Waals surface area (Å²) in [6.45, 7) is 5.33. The van der Waals surface area contributed by atoms with Crippen molar-refractivity contribution in [2.24, 2.45) is 0 Å². The van der Waals surface area contributed by atoms with Gasteiger partial charge in [-0.1, -0.05) is 12.1 Å². The normalized spacial score (nSPS) is 10.9. The van der Waals surface area contributed by atoms with Crippen LogP contribution in [-0.2, 0) is 9.53 Å². The Kier molecular flexibility index (Phi) is 6.41. The molecule has 3 aromatic heterocycles. The van der Waals surface area contributed by atoms with E-state index in [1.165, 1.54) is 23.5 Å². The molecular formula is C24H22FN3O4S. The predicted molar refractivity (Wildman–Crippen MR) is 124 cm³/mol. The van der Waals surface area contributed by atoms with Crippen molar-refractivity contribution >= 4 is 33.9 Å². The maximum atomic E-state index is 13.4. The number of nitrogens with one attached hydrogen (secondary N) is 1. The molecule has 33 heavy (non-hydrogen) atoms. The number of esters is 1. The number of aromatic nitrogens is 2. The number of pyridine rings is 1. The molecule has 9 heteroatoms. The van der Waals surface area contributed by atoms with Crippen molar-refractivity contribution in [1.29, 1.82) is 0 Å². The number of fused-ring (bicyclic) bond motifs is 1. The second-order valence-corrected chi connectivity index (χ2v) is 8.51. The summed E-state index contributed by atoms with van der Waals surface area (Å²) in [6, 6.07) is 9.37. The number of imidazole rings is 1. The van der Waals surface area contributed by atoms with Crippen LogP contribution in [0, 0.1) is 19.7 Å². The molecule has 0 bridgehead atoms. The van der Waals surface area contributed by atoms with E-state index in [0.717, 1.165) is 10.6 Å². The molecule has 0 aliphatic heterocycles. The van der Waals surface area contributed by atoms with Crippen molar-refractivity contribution in [3.8, 4) is 16.9 Å². The van der Waals surface area contributed by atoms with Gasteiger partial charge in [-0.3, -0.25) is 4.79 Å². The Hall–Kier alpha value is -3.72. The third kappa shape index (κ3) is 4.73. The molecule has 0 saturated heterocycles. The number of hydrogen-bond donors (Lipinski definition) is 1. The number of nitrogens with zero attached hydrogens (tertiary/aromatic N) is 2. The van der Waals surface area contributed by atoms with Gasteiger partial charge in [-0.15, -0.1) is 11.3 Å². The number of carbonyl (C=O) groups is 2. The number of halogens is 1. The van der Waals surface area contributed by atoms with Gasteiger partial charge in [0.05, 0.1) is 12.3 Å². The van der Waals surface area contributed by atoms with Gasteiger partial charge in [-0.2, -0.15) is 0 Å². The Morgan fingerprint density at radius 1 is 1.18 bits per heavy atom. The number of rotatable bonds is 7. The predicted octanol–water partition coefficient (Wildman–Crippen LogP) is 5.01. The largest absolute Gasteiger partial charge is 0.480 e. The van der Waals surface area contributed by atoms with E-state index in [2.05, 4.69) is 10.3 Å². The Bertz CT molecular complexity index is 1330. The topological polar surface area (TPSA) is 81.9 Å². The number of benzene rings is 1. The number of hydrogen-bond acceptors (Lipinski definition) is 6. The monoisotopic (exact) mass is 467 g/mol. The fraction of sp³-hybridized carbons (Fsp3) is 0.208. The van der Waals surface area contributed by atoms with Crippen molar-refractivity contribution in [2.75, 3.05) is 18.5 Å². The number of thiophene rings is 1. The van der Waals surface area contributed by atoms with E-state index >= 15 is 0 Å². The van der Waals surface area contributed by atoms with Crippen LogP contribution in [0.3, 0.4) is 0 Å². The zero-order valence-electron chi connectivity index (χ0n) is 18.3. The maximum absolute atomic E-state index is 13.4. The Morgan fingerprint density at radius 2 is 1.94 bits per heavy atom. The number of carbonyl (C=O) groups excluding carboxylic acids is 2. The van der Waals surface area contributed by atoms with E-state index in [-0.39, 0.29) is 24.6 Å². The molecule has 0 spiro atoms. The zero-order valence-corrected chi connectivity index (χ0v) is 19.2. The lowest BCUT2D eigenvalue weighted by Gasteiger charge is -2.10. The molecule has 0 saturated carbocycles. The van der Waals surface area contributed by atoms with Gasteiger partial charge < -0.3 is 19.2 Å². The summed E-state index contributed by atoms with van der Waals surface area (Å²) in [7, 11) is 0. The molecule has 0 atom stereocenters. The van der Waals surface area contributed by atoms with Crippen LogP contribution in [0.5, 0.6) is 5.75 Å². The molecule has 4 rings (SSSR count). The van der Waals surface area contributed by atoms with E-state index in [0.29, 0.717) is 27.5 Å². The number of anilines is 1. The average molecular weight is 468 g/mol. The standard InChI is InChI=1S/C24H22FN3O4S/c1-4-31-24(30)21-20(16-7-9-17(25)10-8-16)15(3)33-23(21)27-19(29)13-32-18-6-5-11-28-12-14(2)26-22(18)28/h5-12H,4,13H2,1-3H3,(H,27,29). The highest BCUT2D eigenvalue weighted by atomic mass is 32.1. The third-order valence-electron chi connectivity index (χ3n) is 4.88. The van der Waals surface area contributed by atoms with Gasteiger partial charge >= 0.3 is 5.97 Å². The molecule has 0 aliphatic carbocycles. The minimum absolute atomic E-state index is 0.181. The van der Waals surface area contributed by atoms with Crippen molar-refractivity contribution in [3.05, 3.63) is 70.7 Å². The van der Waals surface area contributed by atoms with Crippen LogP contribution >= 0.6 is 11.3 Å². The summed E-state index contributed by atoms with van der Waals surface area (Å²) in [4.78, 5) is 30.7. The molecule has 0 unspecified atom stereocenters. The fourth-order valence-corrected chi connectivity index (χ4v) is 4.60. The maximum Gasteiger partial charge on any atom is 0.341 e. The van der Waals surface area contributed by atoms with Gasteiger partial charge in [-0.05, 0) is 50.6 Å². The molecule has 0 aliphatic rings. The van der Waals surface area contributed by atoms with E-state index < -0.39 is 11.9 Å². The molecule has 1 aromatic carbocycles. The lowest BCUT2D eigenvalue weighted by Crippen LogP contribution is -2.21. The van der Waals surface area contributed by atoms with Gasteiger partial charge in [0.15, 0.2) is 18.0 Å². The van der Waals surface area contributed by atoms with Crippen LogP contribution in [0.4, 0.5) is 9.39 Å². The van der Waals surface area contributed by atoms with Gasteiger partial charge in [0.25, 0.3) is 5.91 Å². The summed E-state index contributed by atoms with van der Waals surface area (Å²) in [5, 5.41) is 3.12. The van der Waals surface area contributed by atoms with Crippen LogP contribution in [0.1, 0.15) is 27.9 Å². The molecule has 3 heterocycles. The van der Waals surface area contributed by atoms with E-state index in [9.17, 15) is 14.0 Å². The van der Waals surface area contributed by atoms with Crippen molar-refractivity contribution in [1.82, 2.24) is 9.38 Å². The first-order valence-corrected chi connectivity index (χ1v) is 11.1. The highest BCUT2D eigenvalue weighted by Crippen LogP contribution is 2.40. The summed E-state index contributed by atoms with van der Waals surface area (Å²) >= 11 is 1.25. The van der Waals surface area contributed by atoms with Crippen LogP contribution in [0.25, 0.3) is 16.8 Å². The lowest BCUT2D eigenvalue weighted by atomic mass is 10.0. The fourth-order valence-electron chi connectivity index (χ4n) is 3.52. The molecule has 1 N–H and O–H groups in total. The average Bonchev–Trinajstić information content (AvgIpc) is 3.32. The first-order chi connectivity index (χ1) is 15.9. The van der Waals surface area contributed by atoms with E-state index in [4.69, 9.17) is 9.47 Å². The SMILES string of the molecule is CCOC(=O)c1c(NC(=O)COc2cccn3cc(C)nc23)sc(C)c1-c1ccc(F)cc1. The van der Waals surface area contributed by atoms with Crippen molar-refractivity contribution in [2.45, 2.75) is 20.8 Å². The minimum Gasteiger partial charge on any atom is -0.480 e. The summed E-state index contributed by atoms with van der Waals surface area (Å²) in [6.07, 6.45) is 3.71. The Labute approximate surface area is 193 Å². The van der Waals surface area contributed by atoms with Crippen LogP contribution < -0.4 is 10.1 Å². The number of aryl methyl sites for hydroxylation is 2. The number of amides is 1. The Balaban J connectivity index is 1.59. The summed E-state index contributed by atoms with van der Waals surface area (Å²) < 4.78 is 26.2. The number of ether oxygens (including phenoxy) is 2. The molecule has 1 amide bonds. The van der Waals surface area contributed by atoms with Crippen LogP contribution in [-0.4, -0.2) is 34.5 Å². The molecule has 170 valence electrons. The Morgan fingerprint density at radius 3 is 2.67 bits per heavy atom. The third-order valence-corrected chi connectivity index (χ3v) is 5.90. The van der Waals surface area contributed by atoms with Gasteiger partial charge in [0.2, 0.25) is 0 Å². The second-order valence-electron chi connectivity index (χ2n) is 7.29. The smallest absolute Gasteiger partial charge is 0.341 e. The lowest BCUT2D eigenvalue weighted by molar-refractivity contribution is -0.118. The van der Waals surface area contributed by atoms with Gasteiger partial charge in [0.1, 0.15) is 16.4 Å². The molecule has 4 aromatic rings. The highest BCUT2D eigenvalue weighted by molar-refractivity contribution is 7.17. The molecular weight excluding hydrogens is 445 g/mol. The van der Waals surface area contributed by atoms with E-state index in [1.54, 1.807) is 31.2 Å². The first kappa shape index (κ1) is 22.5. The zero-order chi connectivity index (χ0) is 23.5. The minimum atomic E-state index is -0.560. The quantitative estimate of drug-likeness (QED) is 0.386. The second kappa shape index (κ2) is 9.41. The van der Waals surface area contributed by atoms with Crippen molar-refractivity contribution < 1.29 is 23.5 Å². The summed E-state index contributed by atoms with van der Waals surface area (Å²) in [5.74, 6) is -0.897. The van der Waals surface area contributed by atoms with Crippen molar-refractivity contribution in [3.63, 3.8) is 0 Å². The molecule has 0 radical (unpaired) electrons. The first-order valence-electron chi connectivity index (χ1n) is 10.3. The molecule has 0 fully saturated rings. The highest BCUT2D eigenvalue weighted by Gasteiger charge is 2.25. The van der Waals surface area contributed by atoms with E-state index in [1.807, 2.05) is 30.6 Å². The summed E-state index contributed by atoms with van der Waals surface area (Å²) in [5.41, 5.74) is 2.95. The van der Waals surface area contributed by atoms with Gasteiger partial charge in [-0.25, -0.2) is 14.2 Å². The van der Waals surface area contributed by atoms with Crippen LogP contribution in [0.2, 0.25) is 0 Å². The molecule has 7 nitrogen and oxygen atoms in total. The van der Waals surface area contributed by atoms with Gasteiger partial charge in [0, 0.05) is 22.8 Å².